The fourth-order valence-corrected chi connectivity index (χ4v) is 2.54. The van der Waals surface area contributed by atoms with E-state index < -0.39 is 0 Å². The molecule has 0 radical (unpaired) electrons. The molecule has 5 heteroatoms. The molecule has 2 rings (SSSR count). The van der Waals surface area contributed by atoms with Gasteiger partial charge in [-0.15, -0.1) is 12.4 Å². The number of piperidine rings is 1. The molecular weight excluding hydrogens is 271 g/mol. The molecule has 102 valence electrons. The number of nitrogens with zero attached hydrogens (tertiary/aromatic N) is 1. The molecule has 1 aliphatic heterocycles. The molecule has 0 unspecified atom stereocenters. The topological polar surface area (TPSA) is 38.5 Å². The van der Waals surface area contributed by atoms with Crippen molar-refractivity contribution in [3.05, 3.63) is 28.8 Å². The minimum atomic E-state index is 0. The van der Waals surface area contributed by atoms with Crippen LogP contribution in [0.4, 0.5) is 0 Å². The second-order valence-electron chi connectivity index (χ2n) is 4.59. The lowest BCUT2D eigenvalue weighted by Crippen LogP contribution is -2.42. The van der Waals surface area contributed by atoms with E-state index in [0.29, 0.717) is 6.04 Å². The fourth-order valence-electron chi connectivity index (χ4n) is 2.35. The summed E-state index contributed by atoms with van der Waals surface area (Å²) in [6.45, 7) is 2.91. The van der Waals surface area contributed by atoms with Crippen LogP contribution in [-0.4, -0.2) is 31.1 Å². The summed E-state index contributed by atoms with van der Waals surface area (Å²) in [5.41, 5.74) is 7.11. The zero-order valence-corrected chi connectivity index (χ0v) is 12.1. The van der Waals surface area contributed by atoms with Crippen molar-refractivity contribution in [2.75, 3.05) is 20.2 Å². The molecule has 0 amide bonds. The summed E-state index contributed by atoms with van der Waals surface area (Å²) in [5.74, 6) is 0.897. The highest BCUT2D eigenvalue weighted by Crippen LogP contribution is 2.25. The lowest BCUT2D eigenvalue weighted by Gasteiger charge is -2.31. The largest absolute Gasteiger partial charge is 0.496 e. The Bertz CT molecular complexity index is 387. The highest BCUT2D eigenvalue weighted by atomic mass is 35.5. The first kappa shape index (κ1) is 15.6. The van der Waals surface area contributed by atoms with Crippen molar-refractivity contribution >= 4 is 24.0 Å². The van der Waals surface area contributed by atoms with Crippen LogP contribution in [0.3, 0.4) is 0 Å². The van der Waals surface area contributed by atoms with Gasteiger partial charge in [0.05, 0.1) is 7.11 Å². The van der Waals surface area contributed by atoms with Crippen molar-refractivity contribution in [3.8, 4) is 5.75 Å². The summed E-state index contributed by atoms with van der Waals surface area (Å²) in [4.78, 5) is 2.36. The van der Waals surface area contributed by atoms with Crippen LogP contribution in [0.5, 0.6) is 5.75 Å². The van der Waals surface area contributed by atoms with Crippen molar-refractivity contribution in [2.45, 2.75) is 25.4 Å². The van der Waals surface area contributed by atoms with E-state index in [1.807, 2.05) is 18.2 Å². The average Bonchev–Trinajstić information content (AvgIpc) is 2.29. The van der Waals surface area contributed by atoms with Crippen LogP contribution in [0, 0.1) is 0 Å². The van der Waals surface area contributed by atoms with Crippen LogP contribution in [0.2, 0.25) is 5.02 Å². The number of likely N-dealkylation sites (tertiary alicyclic amines) is 1. The Morgan fingerprint density at radius 3 is 2.94 bits per heavy atom. The zero-order valence-electron chi connectivity index (χ0n) is 10.6. The maximum Gasteiger partial charge on any atom is 0.123 e. The van der Waals surface area contributed by atoms with Gasteiger partial charge in [-0.25, -0.2) is 0 Å². The second kappa shape index (κ2) is 7.19. The summed E-state index contributed by atoms with van der Waals surface area (Å²) < 4.78 is 5.35. The van der Waals surface area contributed by atoms with Crippen LogP contribution in [0.25, 0.3) is 0 Å². The van der Waals surface area contributed by atoms with Gasteiger partial charge in [-0.05, 0) is 37.6 Å². The second-order valence-corrected chi connectivity index (χ2v) is 5.03. The molecule has 0 aromatic heterocycles. The molecule has 0 aliphatic carbocycles. The molecule has 3 nitrogen and oxygen atoms in total. The molecule has 1 fully saturated rings. The van der Waals surface area contributed by atoms with E-state index in [1.54, 1.807) is 7.11 Å². The van der Waals surface area contributed by atoms with Gasteiger partial charge in [-0.1, -0.05) is 11.6 Å². The Balaban J connectivity index is 0.00000162. The Morgan fingerprint density at radius 1 is 1.50 bits per heavy atom. The van der Waals surface area contributed by atoms with E-state index in [-0.39, 0.29) is 12.4 Å². The molecule has 18 heavy (non-hydrogen) atoms. The number of halogens is 2. The van der Waals surface area contributed by atoms with Gasteiger partial charge in [0, 0.05) is 29.7 Å². The number of rotatable bonds is 3. The molecule has 1 aromatic rings. The first-order chi connectivity index (χ1) is 8.19. The molecule has 1 heterocycles. The predicted octanol–water partition coefficient (Wildman–Crippen LogP) is 2.69. The maximum absolute atomic E-state index is 6.02. The lowest BCUT2D eigenvalue weighted by atomic mass is 10.1. The standard InChI is InChI=1S/C13H19ClN2O.ClH/c1-17-13-5-4-11(14)7-10(13)8-16-6-2-3-12(15)9-16;/h4-5,7,12H,2-3,6,8-9,15H2,1H3;1H/t12-;/m1./s1. The predicted molar refractivity (Wildman–Crippen MR) is 77.7 cm³/mol. The molecule has 0 saturated carbocycles. The summed E-state index contributed by atoms with van der Waals surface area (Å²) in [6.07, 6.45) is 2.30. The van der Waals surface area contributed by atoms with Gasteiger partial charge < -0.3 is 10.5 Å². The number of benzene rings is 1. The summed E-state index contributed by atoms with van der Waals surface area (Å²) in [5, 5.41) is 0.752. The number of ether oxygens (including phenoxy) is 1. The number of hydrogen-bond donors (Lipinski definition) is 1. The van der Waals surface area contributed by atoms with E-state index in [2.05, 4.69) is 4.90 Å². The molecule has 1 aliphatic rings. The SMILES string of the molecule is COc1ccc(Cl)cc1CN1CCC[C@@H](N)C1.Cl. The van der Waals surface area contributed by atoms with Gasteiger partial charge in [0.1, 0.15) is 5.75 Å². The molecule has 1 aromatic carbocycles. The molecule has 1 saturated heterocycles. The molecule has 0 spiro atoms. The van der Waals surface area contributed by atoms with E-state index in [1.165, 1.54) is 6.42 Å². The molecular formula is C13H20Cl2N2O. The fraction of sp³-hybridized carbons (Fsp3) is 0.538. The van der Waals surface area contributed by atoms with Crippen LogP contribution < -0.4 is 10.5 Å². The Hall–Kier alpha value is -0.480. The van der Waals surface area contributed by atoms with Crippen molar-refractivity contribution < 1.29 is 4.74 Å². The van der Waals surface area contributed by atoms with E-state index >= 15 is 0 Å². The average molecular weight is 291 g/mol. The first-order valence-electron chi connectivity index (χ1n) is 5.99. The van der Waals surface area contributed by atoms with Gasteiger partial charge in [-0.2, -0.15) is 0 Å². The Kier molecular flexibility index (Phi) is 6.22. The van der Waals surface area contributed by atoms with Gasteiger partial charge in [0.15, 0.2) is 0 Å². The van der Waals surface area contributed by atoms with Gasteiger partial charge in [0.2, 0.25) is 0 Å². The molecule has 2 N–H and O–H groups in total. The molecule has 0 bridgehead atoms. The normalized spacial score (nSPS) is 20.3. The van der Waals surface area contributed by atoms with E-state index in [0.717, 1.165) is 42.4 Å². The number of methoxy groups -OCH3 is 1. The number of hydrogen-bond acceptors (Lipinski definition) is 3. The third-order valence-corrected chi connectivity index (χ3v) is 3.41. The highest BCUT2D eigenvalue weighted by Gasteiger charge is 2.18. The van der Waals surface area contributed by atoms with Gasteiger partial charge in [0.25, 0.3) is 0 Å². The highest BCUT2D eigenvalue weighted by molar-refractivity contribution is 6.30. The van der Waals surface area contributed by atoms with Crippen molar-refractivity contribution in [2.24, 2.45) is 5.73 Å². The van der Waals surface area contributed by atoms with Crippen LogP contribution in [0.1, 0.15) is 18.4 Å². The van der Waals surface area contributed by atoms with Crippen LogP contribution >= 0.6 is 24.0 Å². The number of nitrogens with two attached hydrogens (primary N) is 1. The lowest BCUT2D eigenvalue weighted by molar-refractivity contribution is 0.199. The zero-order chi connectivity index (χ0) is 12.3. The summed E-state index contributed by atoms with van der Waals surface area (Å²) in [7, 11) is 1.69. The summed E-state index contributed by atoms with van der Waals surface area (Å²) >= 11 is 6.02. The minimum absolute atomic E-state index is 0. The van der Waals surface area contributed by atoms with Gasteiger partial charge >= 0.3 is 0 Å². The Morgan fingerprint density at radius 2 is 2.28 bits per heavy atom. The molecule has 1 atom stereocenters. The third-order valence-electron chi connectivity index (χ3n) is 3.18. The monoisotopic (exact) mass is 290 g/mol. The summed E-state index contributed by atoms with van der Waals surface area (Å²) in [6, 6.07) is 6.04. The van der Waals surface area contributed by atoms with Crippen LogP contribution in [-0.2, 0) is 6.54 Å². The first-order valence-corrected chi connectivity index (χ1v) is 6.37. The van der Waals surface area contributed by atoms with Crippen LogP contribution in [0.15, 0.2) is 18.2 Å². The van der Waals surface area contributed by atoms with E-state index in [9.17, 15) is 0 Å². The Labute approximate surface area is 120 Å². The van der Waals surface area contributed by atoms with Crippen molar-refractivity contribution in [1.82, 2.24) is 4.90 Å². The van der Waals surface area contributed by atoms with E-state index in [4.69, 9.17) is 22.1 Å². The third kappa shape index (κ3) is 4.02. The quantitative estimate of drug-likeness (QED) is 0.930. The minimum Gasteiger partial charge on any atom is -0.496 e. The maximum atomic E-state index is 6.02. The van der Waals surface area contributed by atoms with Crippen molar-refractivity contribution in [3.63, 3.8) is 0 Å². The van der Waals surface area contributed by atoms with Gasteiger partial charge in [-0.3, -0.25) is 4.90 Å². The van der Waals surface area contributed by atoms with Crippen molar-refractivity contribution in [1.29, 1.82) is 0 Å². The smallest absolute Gasteiger partial charge is 0.123 e.